The van der Waals surface area contributed by atoms with Crippen molar-refractivity contribution in [3.63, 3.8) is 0 Å². The van der Waals surface area contributed by atoms with Gasteiger partial charge in [-0.15, -0.1) is 0 Å². The summed E-state index contributed by atoms with van der Waals surface area (Å²) in [6, 6.07) is 13.2. The van der Waals surface area contributed by atoms with Gasteiger partial charge < -0.3 is 14.7 Å². The smallest absolute Gasteiger partial charge is 0.338 e. The van der Waals surface area contributed by atoms with E-state index >= 15 is 0 Å². The maximum Gasteiger partial charge on any atom is 0.338 e. The number of nitrogens with zero attached hydrogens (tertiary/aromatic N) is 3. The fourth-order valence-electron chi connectivity index (χ4n) is 3.83. The standard InChI is InChI=1S/C25H24FN3O4/c1-3-18-6-9-22(28-27-18)16-4-7-19(8-5-16)33-23-12-20(25(31)32)21(26)11-17(23)14-29-13-15(2)10-24(29)30/h4-9,11-12,15H,3,10,13-14H2,1-2H3,(H,31,32). The molecule has 1 amide bonds. The van der Waals surface area contributed by atoms with Gasteiger partial charge in [-0.05, 0) is 60.9 Å². The van der Waals surface area contributed by atoms with E-state index in [1.54, 1.807) is 17.0 Å². The van der Waals surface area contributed by atoms with Crippen molar-refractivity contribution in [3.8, 4) is 22.8 Å². The maximum absolute atomic E-state index is 14.4. The van der Waals surface area contributed by atoms with Gasteiger partial charge in [-0.2, -0.15) is 10.2 Å². The number of hydrogen-bond donors (Lipinski definition) is 1. The lowest BCUT2D eigenvalue weighted by molar-refractivity contribution is -0.128. The Morgan fingerprint density at radius 1 is 1.18 bits per heavy atom. The summed E-state index contributed by atoms with van der Waals surface area (Å²) in [5.41, 5.74) is 2.39. The zero-order valence-electron chi connectivity index (χ0n) is 18.4. The number of aromatic carboxylic acids is 1. The SMILES string of the molecule is CCc1ccc(-c2ccc(Oc3cc(C(=O)O)c(F)cc3CN3CC(C)CC3=O)cc2)nn1. The molecule has 0 bridgehead atoms. The van der Waals surface area contributed by atoms with E-state index in [1.165, 1.54) is 6.07 Å². The van der Waals surface area contributed by atoms with Crippen molar-refractivity contribution in [2.24, 2.45) is 5.92 Å². The minimum Gasteiger partial charge on any atom is -0.478 e. The number of benzene rings is 2. The van der Waals surface area contributed by atoms with Crippen molar-refractivity contribution in [2.45, 2.75) is 33.2 Å². The van der Waals surface area contributed by atoms with Gasteiger partial charge in [0.2, 0.25) is 5.91 Å². The van der Waals surface area contributed by atoms with Crippen LogP contribution in [0.4, 0.5) is 4.39 Å². The molecule has 170 valence electrons. The number of carboxylic acids is 1. The van der Waals surface area contributed by atoms with Crippen molar-refractivity contribution in [2.75, 3.05) is 6.54 Å². The summed E-state index contributed by atoms with van der Waals surface area (Å²) >= 11 is 0. The topological polar surface area (TPSA) is 92.6 Å². The molecule has 1 aliphatic rings. The Morgan fingerprint density at radius 3 is 2.52 bits per heavy atom. The third-order valence-corrected chi connectivity index (χ3v) is 5.61. The predicted molar refractivity (Wildman–Crippen MR) is 119 cm³/mol. The van der Waals surface area contributed by atoms with Gasteiger partial charge in [0, 0.05) is 30.6 Å². The van der Waals surface area contributed by atoms with Crippen molar-refractivity contribution in [3.05, 3.63) is 71.2 Å². The molecule has 3 aromatic rings. The second-order valence-electron chi connectivity index (χ2n) is 8.22. The van der Waals surface area contributed by atoms with E-state index in [0.29, 0.717) is 24.3 Å². The lowest BCUT2D eigenvalue weighted by Crippen LogP contribution is -2.25. The first kappa shape index (κ1) is 22.4. The monoisotopic (exact) mass is 449 g/mol. The first-order chi connectivity index (χ1) is 15.8. The van der Waals surface area contributed by atoms with Crippen LogP contribution >= 0.6 is 0 Å². The van der Waals surface area contributed by atoms with E-state index in [4.69, 9.17) is 4.74 Å². The number of rotatable bonds is 7. The van der Waals surface area contributed by atoms with E-state index in [-0.39, 0.29) is 24.1 Å². The molecule has 2 aromatic carbocycles. The molecule has 1 aliphatic heterocycles. The summed E-state index contributed by atoms with van der Waals surface area (Å²) in [6.45, 7) is 4.69. The van der Waals surface area contributed by atoms with Gasteiger partial charge >= 0.3 is 5.97 Å². The molecule has 0 spiro atoms. The van der Waals surface area contributed by atoms with Gasteiger partial charge in [0.05, 0.1) is 17.0 Å². The van der Waals surface area contributed by atoms with Gasteiger partial charge in [0.1, 0.15) is 17.3 Å². The van der Waals surface area contributed by atoms with E-state index in [2.05, 4.69) is 10.2 Å². The van der Waals surface area contributed by atoms with Crippen LogP contribution in [0.1, 0.15) is 41.9 Å². The van der Waals surface area contributed by atoms with Gasteiger partial charge in [-0.3, -0.25) is 4.79 Å². The number of halogens is 1. The highest BCUT2D eigenvalue weighted by Gasteiger charge is 2.28. The number of hydrogen-bond acceptors (Lipinski definition) is 5. The normalized spacial score (nSPS) is 15.7. The number of ether oxygens (including phenoxy) is 1. The summed E-state index contributed by atoms with van der Waals surface area (Å²) in [5.74, 6) is -1.42. The van der Waals surface area contributed by atoms with E-state index in [1.807, 2.05) is 38.1 Å². The zero-order chi connectivity index (χ0) is 23.5. The molecule has 7 nitrogen and oxygen atoms in total. The lowest BCUT2D eigenvalue weighted by Gasteiger charge is -2.19. The molecule has 33 heavy (non-hydrogen) atoms. The molecule has 1 aromatic heterocycles. The van der Waals surface area contributed by atoms with Crippen LogP contribution in [0, 0.1) is 11.7 Å². The highest BCUT2D eigenvalue weighted by Crippen LogP contribution is 2.32. The molecule has 0 aliphatic carbocycles. The van der Waals surface area contributed by atoms with Crippen LogP contribution in [0.2, 0.25) is 0 Å². The first-order valence-electron chi connectivity index (χ1n) is 10.8. The summed E-state index contributed by atoms with van der Waals surface area (Å²) in [7, 11) is 0. The fourth-order valence-corrected chi connectivity index (χ4v) is 3.83. The third kappa shape index (κ3) is 5.00. The highest BCUT2D eigenvalue weighted by molar-refractivity contribution is 5.88. The van der Waals surface area contributed by atoms with Gasteiger partial charge in [0.15, 0.2) is 0 Å². The van der Waals surface area contributed by atoms with Gasteiger partial charge in [-0.25, -0.2) is 9.18 Å². The molecular formula is C25H24FN3O4. The second kappa shape index (κ2) is 9.36. The number of carbonyl (C=O) groups excluding carboxylic acids is 1. The molecule has 1 N–H and O–H groups in total. The van der Waals surface area contributed by atoms with E-state index in [9.17, 15) is 19.1 Å². The van der Waals surface area contributed by atoms with Crippen molar-refractivity contribution >= 4 is 11.9 Å². The molecule has 1 atom stereocenters. The van der Waals surface area contributed by atoms with Crippen LogP contribution in [-0.2, 0) is 17.8 Å². The average molecular weight is 449 g/mol. The Bertz CT molecular complexity index is 1180. The molecule has 0 radical (unpaired) electrons. The minimum atomic E-state index is -1.39. The summed E-state index contributed by atoms with van der Waals surface area (Å²) in [5, 5.41) is 17.7. The van der Waals surface area contributed by atoms with Crippen molar-refractivity contribution in [1.82, 2.24) is 15.1 Å². The average Bonchev–Trinajstić information content (AvgIpc) is 3.12. The molecule has 1 saturated heterocycles. The highest BCUT2D eigenvalue weighted by atomic mass is 19.1. The molecule has 8 heteroatoms. The molecule has 0 saturated carbocycles. The fraction of sp³-hybridized carbons (Fsp3) is 0.280. The Kier molecular flexibility index (Phi) is 6.35. The molecule has 1 fully saturated rings. The van der Waals surface area contributed by atoms with Crippen molar-refractivity contribution in [1.29, 1.82) is 0 Å². The van der Waals surface area contributed by atoms with Crippen LogP contribution in [0.5, 0.6) is 11.5 Å². The first-order valence-corrected chi connectivity index (χ1v) is 10.8. The Labute approximate surface area is 190 Å². The van der Waals surface area contributed by atoms with Gasteiger partial charge in [-0.1, -0.05) is 13.8 Å². The number of amides is 1. The molecule has 4 rings (SSSR count). The number of likely N-dealkylation sites (tertiary alicyclic amines) is 1. The number of carboxylic acid groups (broad SMARTS) is 1. The second-order valence-corrected chi connectivity index (χ2v) is 8.22. The largest absolute Gasteiger partial charge is 0.478 e. The number of aryl methyl sites for hydroxylation is 1. The van der Waals surface area contributed by atoms with Crippen LogP contribution in [0.3, 0.4) is 0 Å². The molecular weight excluding hydrogens is 425 g/mol. The lowest BCUT2D eigenvalue weighted by atomic mass is 10.1. The van der Waals surface area contributed by atoms with Crippen LogP contribution < -0.4 is 4.74 Å². The van der Waals surface area contributed by atoms with E-state index in [0.717, 1.165) is 29.4 Å². The molecule has 1 unspecified atom stereocenters. The summed E-state index contributed by atoms with van der Waals surface area (Å²) in [4.78, 5) is 25.3. The number of aromatic nitrogens is 2. The Hall–Kier alpha value is -3.81. The maximum atomic E-state index is 14.4. The Balaban J connectivity index is 1.60. The van der Waals surface area contributed by atoms with Crippen molar-refractivity contribution < 1.29 is 23.8 Å². The predicted octanol–water partition coefficient (Wildman–Crippen LogP) is 4.70. The minimum absolute atomic E-state index is 0.0178. The van der Waals surface area contributed by atoms with Crippen LogP contribution in [-0.4, -0.2) is 38.6 Å². The quantitative estimate of drug-likeness (QED) is 0.562. The summed E-state index contributed by atoms with van der Waals surface area (Å²) in [6.07, 6.45) is 1.25. The third-order valence-electron chi connectivity index (χ3n) is 5.61. The van der Waals surface area contributed by atoms with E-state index < -0.39 is 17.3 Å². The Morgan fingerprint density at radius 2 is 1.94 bits per heavy atom. The summed E-state index contributed by atoms with van der Waals surface area (Å²) < 4.78 is 20.4. The van der Waals surface area contributed by atoms with Gasteiger partial charge in [0.25, 0.3) is 0 Å². The molecule has 2 heterocycles. The van der Waals surface area contributed by atoms with Crippen LogP contribution in [0.15, 0.2) is 48.5 Å². The van der Waals surface area contributed by atoms with Crippen LogP contribution in [0.25, 0.3) is 11.3 Å². The number of carbonyl (C=O) groups is 2. The zero-order valence-corrected chi connectivity index (χ0v) is 18.4.